The van der Waals surface area contributed by atoms with Crippen LogP contribution in [0.5, 0.6) is 0 Å². The summed E-state index contributed by atoms with van der Waals surface area (Å²) in [6, 6.07) is 5.53. The maximum absolute atomic E-state index is 11.3. The second kappa shape index (κ2) is 6.48. The number of amides is 4. The highest BCUT2D eigenvalue weighted by Gasteiger charge is 2.24. The Labute approximate surface area is 129 Å². The van der Waals surface area contributed by atoms with E-state index >= 15 is 0 Å². The highest BCUT2D eigenvalue weighted by molar-refractivity contribution is 6.28. The third-order valence-electron chi connectivity index (χ3n) is 2.81. The molecule has 23 heavy (non-hydrogen) atoms. The maximum atomic E-state index is 11.3. The maximum Gasteiger partial charge on any atom is 0.335 e. The number of imide groups is 2. The van der Waals surface area contributed by atoms with Crippen LogP contribution in [0.15, 0.2) is 48.6 Å². The summed E-state index contributed by atoms with van der Waals surface area (Å²) >= 11 is 0. The van der Waals surface area contributed by atoms with E-state index in [9.17, 15) is 24.0 Å². The molecule has 0 saturated carbocycles. The van der Waals surface area contributed by atoms with E-state index in [-0.39, 0.29) is 17.4 Å². The highest BCUT2D eigenvalue weighted by atomic mass is 16.4. The number of nitrogens with one attached hydrogen (secondary N) is 1. The van der Waals surface area contributed by atoms with Crippen molar-refractivity contribution in [2.24, 2.45) is 0 Å². The quantitative estimate of drug-likeness (QED) is 0.742. The molecule has 1 aromatic rings. The van der Waals surface area contributed by atoms with Gasteiger partial charge in [-0.3, -0.25) is 24.5 Å². The molecule has 0 aliphatic carbocycles. The molecular formula is C15H10N2O6. The standard InChI is InChI=1S/C11H7NO4.C4H3NO2/c13-9-5-6-10(14)12(9)8-3-1-7(2-4-8)11(15)16;6-3-1-2-4(7)5-3/h1-6H,(H,15,16);1-2H,(H,5,6,7). The third-order valence-corrected chi connectivity index (χ3v) is 2.81. The van der Waals surface area contributed by atoms with Gasteiger partial charge >= 0.3 is 5.97 Å². The van der Waals surface area contributed by atoms with Crippen molar-refractivity contribution >= 4 is 35.3 Å². The molecule has 0 spiro atoms. The lowest BCUT2D eigenvalue weighted by Gasteiger charge is -2.13. The first-order valence-electron chi connectivity index (χ1n) is 6.31. The molecule has 0 bridgehead atoms. The fourth-order valence-electron chi connectivity index (χ4n) is 1.76. The minimum Gasteiger partial charge on any atom is -0.478 e. The van der Waals surface area contributed by atoms with Gasteiger partial charge in [-0.25, -0.2) is 9.69 Å². The van der Waals surface area contributed by atoms with E-state index in [1.165, 1.54) is 48.6 Å². The Hall–Kier alpha value is -3.55. The van der Waals surface area contributed by atoms with Crippen LogP contribution in [0, 0.1) is 0 Å². The van der Waals surface area contributed by atoms with Crippen molar-refractivity contribution in [1.29, 1.82) is 0 Å². The highest BCUT2D eigenvalue weighted by Crippen LogP contribution is 2.19. The van der Waals surface area contributed by atoms with Gasteiger partial charge in [0.05, 0.1) is 11.3 Å². The predicted octanol–water partition coefficient (Wildman–Crippen LogP) is 0.0132. The number of hydrogen-bond acceptors (Lipinski definition) is 5. The lowest BCUT2D eigenvalue weighted by atomic mass is 10.2. The van der Waals surface area contributed by atoms with Gasteiger partial charge in [0.25, 0.3) is 23.6 Å². The van der Waals surface area contributed by atoms with E-state index in [0.717, 1.165) is 4.90 Å². The number of benzene rings is 1. The van der Waals surface area contributed by atoms with E-state index in [4.69, 9.17) is 5.11 Å². The van der Waals surface area contributed by atoms with Gasteiger partial charge in [0.2, 0.25) is 0 Å². The summed E-state index contributed by atoms with van der Waals surface area (Å²) in [7, 11) is 0. The zero-order chi connectivity index (χ0) is 17.0. The lowest BCUT2D eigenvalue weighted by Crippen LogP contribution is -2.29. The summed E-state index contributed by atoms with van der Waals surface area (Å²) in [5.41, 5.74) is 0.473. The van der Waals surface area contributed by atoms with E-state index in [0.29, 0.717) is 5.69 Å². The third kappa shape index (κ3) is 3.76. The number of nitrogens with zero attached hydrogens (tertiary/aromatic N) is 1. The molecule has 0 unspecified atom stereocenters. The number of anilines is 1. The van der Waals surface area contributed by atoms with E-state index in [1.54, 1.807) is 0 Å². The van der Waals surface area contributed by atoms with Crippen molar-refractivity contribution in [2.75, 3.05) is 4.90 Å². The van der Waals surface area contributed by atoms with Crippen molar-refractivity contribution in [3.05, 3.63) is 54.1 Å². The molecule has 0 saturated heterocycles. The normalized spacial score (nSPS) is 15.6. The number of carbonyl (C=O) groups excluding carboxylic acids is 4. The second-order valence-corrected chi connectivity index (χ2v) is 4.38. The van der Waals surface area contributed by atoms with Crippen molar-refractivity contribution < 1.29 is 29.1 Å². The molecule has 2 N–H and O–H groups in total. The topological polar surface area (TPSA) is 121 Å². The smallest absolute Gasteiger partial charge is 0.335 e. The SMILES string of the molecule is O=C(O)c1ccc(N2C(=O)C=CC2=O)cc1.O=C1C=CC(=O)N1. The van der Waals surface area contributed by atoms with E-state index in [2.05, 4.69) is 0 Å². The first-order chi connectivity index (χ1) is 10.9. The van der Waals surface area contributed by atoms with Crippen LogP contribution in [0.1, 0.15) is 10.4 Å². The van der Waals surface area contributed by atoms with Crippen LogP contribution in [0.25, 0.3) is 0 Å². The molecule has 0 atom stereocenters. The fourth-order valence-corrected chi connectivity index (χ4v) is 1.76. The van der Waals surface area contributed by atoms with E-state index in [1.807, 2.05) is 5.32 Å². The van der Waals surface area contributed by atoms with Crippen LogP contribution < -0.4 is 10.2 Å². The van der Waals surface area contributed by atoms with Crippen LogP contribution in [0.2, 0.25) is 0 Å². The van der Waals surface area contributed by atoms with Gasteiger partial charge < -0.3 is 5.11 Å². The first-order valence-corrected chi connectivity index (χ1v) is 6.31. The summed E-state index contributed by atoms with van der Waals surface area (Å²) < 4.78 is 0. The van der Waals surface area contributed by atoms with Crippen molar-refractivity contribution in [1.82, 2.24) is 5.32 Å². The van der Waals surface area contributed by atoms with Gasteiger partial charge in [-0.1, -0.05) is 0 Å². The lowest BCUT2D eigenvalue weighted by molar-refractivity contribution is -0.124. The molecule has 2 heterocycles. The number of rotatable bonds is 2. The van der Waals surface area contributed by atoms with Gasteiger partial charge in [-0.15, -0.1) is 0 Å². The zero-order valence-corrected chi connectivity index (χ0v) is 11.6. The average molecular weight is 314 g/mol. The van der Waals surface area contributed by atoms with Gasteiger partial charge in [-0.05, 0) is 24.3 Å². The molecule has 4 amide bonds. The monoisotopic (exact) mass is 314 g/mol. The van der Waals surface area contributed by atoms with Crippen LogP contribution in [0.4, 0.5) is 5.69 Å². The molecule has 2 aliphatic rings. The van der Waals surface area contributed by atoms with Crippen molar-refractivity contribution in [3.8, 4) is 0 Å². The van der Waals surface area contributed by atoms with Crippen LogP contribution >= 0.6 is 0 Å². The fraction of sp³-hybridized carbons (Fsp3) is 0. The van der Waals surface area contributed by atoms with Gasteiger partial charge in [0.1, 0.15) is 0 Å². The summed E-state index contributed by atoms with van der Waals surface area (Å²) in [5.74, 6) is -2.56. The number of carboxylic acid groups (broad SMARTS) is 1. The zero-order valence-electron chi connectivity index (χ0n) is 11.6. The number of aromatic carboxylic acids is 1. The molecule has 8 heteroatoms. The van der Waals surface area contributed by atoms with Gasteiger partial charge in [-0.2, -0.15) is 0 Å². The number of hydrogen-bond donors (Lipinski definition) is 2. The molecule has 2 aliphatic heterocycles. The number of carboxylic acids is 1. The summed E-state index contributed by atoms with van der Waals surface area (Å²) in [6.45, 7) is 0. The molecule has 0 fully saturated rings. The van der Waals surface area contributed by atoms with Crippen LogP contribution in [0.3, 0.4) is 0 Å². The summed E-state index contributed by atoms with van der Waals surface area (Å²) in [5, 5.41) is 10.7. The van der Waals surface area contributed by atoms with Crippen molar-refractivity contribution in [2.45, 2.75) is 0 Å². The van der Waals surface area contributed by atoms with Gasteiger partial charge in [0.15, 0.2) is 0 Å². The predicted molar refractivity (Wildman–Crippen MR) is 77.3 cm³/mol. The Morgan fingerprint density at radius 2 is 1.30 bits per heavy atom. The summed E-state index contributed by atoms with van der Waals surface area (Å²) in [6.07, 6.45) is 4.74. The van der Waals surface area contributed by atoms with Crippen LogP contribution in [-0.4, -0.2) is 34.7 Å². The van der Waals surface area contributed by atoms with Crippen LogP contribution in [-0.2, 0) is 19.2 Å². The molecule has 3 rings (SSSR count). The average Bonchev–Trinajstić information content (AvgIpc) is 3.05. The molecule has 0 aromatic heterocycles. The molecular weight excluding hydrogens is 304 g/mol. The second-order valence-electron chi connectivity index (χ2n) is 4.38. The molecule has 0 radical (unpaired) electrons. The summed E-state index contributed by atoms with van der Waals surface area (Å²) in [4.78, 5) is 54.3. The Bertz CT molecular complexity index is 727. The minimum absolute atomic E-state index is 0.107. The van der Waals surface area contributed by atoms with Crippen molar-refractivity contribution in [3.63, 3.8) is 0 Å². The molecule has 116 valence electrons. The molecule has 8 nitrogen and oxygen atoms in total. The largest absolute Gasteiger partial charge is 0.478 e. The van der Waals surface area contributed by atoms with E-state index < -0.39 is 17.8 Å². The Kier molecular flexibility index (Phi) is 4.46. The molecule has 1 aromatic carbocycles. The van der Waals surface area contributed by atoms with Gasteiger partial charge in [0, 0.05) is 24.3 Å². The first kappa shape index (κ1) is 15.8. The Morgan fingerprint density at radius 1 is 0.826 bits per heavy atom. The Morgan fingerprint density at radius 3 is 1.65 bits per heavy atom. The number of carbonyl (C=O) groups is 5. The Balaban J connectivity index is 0.000000229. The minimum atomic E-state index is -1.05.